The van der Waals surface area contributed by atoms with Crippen LogP contribution in [-0.2, 0) is 19.1 Å². The van der Waals surface area contributed by atoms with Crippen molar-refractivity contribution in [2.75, 3.05) is 28.3 Å². The number of carbonyl (C=O) groups is 2. The van der Waals surface area contributed by atoms with Crippen LogP contribution in [0.1, 0.15) is 75.1 Å². The van der Waals surface area contributed by atoms with E-state index in [2.05, 4.69) is 43.0 Å². The molecule has 0 bridgehead atoms. The van der Waals surface area contributed by atoms with Crippen LogP contribution in [-0.4, -0.2) is 68.0 Å². The van der Waals surface area contributed by atoms with Crippen LogP contribution < -0.4 is 0 Å². The molecule has 1 aliphatic heterocycles. The highest BCUT2D eigenvalue weighted by Crippen LogP contribution is 2.45. The first kappa shape index (κ1) is 30.7. The fraction of sp³-hybridized carbons (Fsp3) is 0.545. The highest BCUT2D eigenvalue weighted by molar-refractivity contribution is 5.87. The molecule has 1 heterocycles. The first-order chi connectivity index (χ1) is 19.7. The fourth-order valence-corrected chi connectivity index (χ4v) is 7.00. The van der Waals surface area contributed by atoms with E-state index in [0.717, 1.165) is 43.2 Å². The van der Waals surface area contributed by atoms with E-state index < -0.39 is 11.5 Å². The minimum atomic E-state index is -1.18. The van der Waals surface area contributed by atoms with Crippen molar-refractivity contribution in [1.29, 1.82) is 0 Å². The summed E-state index contributed by atoms with van der Waals surface area (Å²) in [7, 11) is 6.87. The molecule has 4 unspecified atom stereocenters. The van der Waals surface area contributed by atoms with E-state index in [4.69, 9.17) is 14.5 Å². The van der Waals surface area contributed by atoms with E-state index >= 15 is 0 Å². The minimum absolute atomic E-state index is 0.0166. The monoisotopic (exact) mass is 565 g/mol. The molecule has 1 aliphatic carbocycles. The van der Waals surface area contributed by atoms with Crippen LogP contribution in [0.3, 0.4) is 0 Å². The van der Waals surface area contributed by atoms with Crippen molar-refractivity contribution in [1.82, 2.24) is 9.80 Å². The molecule has 0 saturated heterocycles. The van der Waals surface area contributed by atoms with Gasteiger partial charge in [-0.1, -0.05) is 55.3 Å². The molecule has 1 saturated carbocycles. The number of aliphatic imine (C=N–C) groups is 1. The lowest BCUT2D eigenvalue weighted by molar-refractivity contribution is -0.150. The van der Waals surface area contributed by atoms with Gasteiger partial charge in [-0.2, -0.15) is 0 Å². The van der Waals surface area contributed by atoms with E-state index in [1.165, 1.54) is 20.3 Å². The maximum Gasteiger partial charge on any atom is 0.335 e. The smallest absolute Gasteiger partial charge is 0.335 e. The molecule has 0 spiro atoms. The second-order valence-electron chi connectivity index (χ2n) is 11.8. The summed E-state index contributed by atoms with van der Waals surface area (Å²) in [5, 5.41) is 0. The number of carbonyl (C=O) groups excluding carboxylic acids is 2. The summed E-state index contributed by atoms with van der Waals surface area (Å²) in [6.45, 7) is 2.12. The van der Waals surface area contributed by atoms with Crippen molar-refractivity contribution in [2.24, 2.45) is 16.8 Å². The Hall–Kier alpha value is -3.26. The van der Waals surface area contributed by atoms with Crippen molar-refractivity contribution in [2.45, 2.75) is 75.5 Å². The first-order valence-corrected chi connectivity index (χ1v) is 14.6. The first-order valence-electron chi connectivity index (χ1n) is 14.6. The average Bonchev–Trinajstić information content (AvgIpc) is 3.35. The van der Waals surface area contributed by atoms with Crippen LogP contribution in [0.25, 0.3) is 0 Å². The molecule has 1 fully saturated rings. The maximum atomic E-state index is 14.1. The Morgan fingerprint density at radius 3 is 2.32 bits per heavy atom. The lowest BCUT2D eigenvalue weighted by atomic mass is 9.72. The highest BCUT2D eigenvalue weighted by atomic mass is 19.1. The van der Waals surface area contributed by atoms with Gasteiger partial charge in [0, 0.05) is 12.5 Å². The molecule has 0 N–H and O–H groups in total. The molecule has 4 atom stereocenters. The van der Waals surface area contributed by atoms with Gasteiger partial charge in [0.25, 0.3) is 0 Å². The standard InChI is InChI=1S/C33H44FN3O4/c1-23(25-10-7-6-8-11-25)37-22-35-33(32(39)41-5,19-18-30(38)40-4)29(37)20-24-14-16-26(17-15-24)31(36(2)3)27-12-9-13-28(34)21-27/h6-13,21-24,26,29,31H,14-20H2,1-5H3. The predicted molar refractivity (Wildman–Crippen MR) is 158 cm³/mol. The molecule has 2 aromatic rings. The van der Waals surface area contributed by atoms with Crippen LogP contribution >= 0.6 is 0 Å². The van der Waals surface area contributed by atoms with Crippen LogP contribution in [0.5, 0.6) is 0 Å². The molecular formula is C33H44FN3O4. The van der Waals surface area contributed by atoms with Crippen LogP contribution in [0.2, 0.25) is 0 Å². The van der Waals surface area contributed by atoms with Gasteiger partial charge < -0.3 is 19.3 Å². The Kier molecular flexibility index (Phi) is 10.2. The minimum Gasteiger partial charge on any atom is -0.469 e. The van der Waals surface area contributed by atoms with Crippen molar-refractivity contribution in [3.8, 4) is 0 Å². The molecule has 2 aromatic carbocycles. The normalized spacial score (nSPS) is 25.6. The quantitative estimate of drug-likeness (QED) is 0.313. The Bertz CT molecular complexity index is 1200. The number of methoxy groups -OCH3 is 2. The number of rotatable bonds is 11. The van der Waals surface area contributed by atoms with Gasteiger partial charge >= 0.3 is 11.9 Å². The Labute approximate surface area is 243 Å². The van der Waals surface area contributed by atoms with Gasteiger partial charge in [-0.3, -0.25) is 9.79 Å². The SMILES string of the molecule is COC(=O)CCC1(C(=O)OC)N=CN(C(C)c2ccccc2)C1CC1CCC(C(c2cccc(F)c2)N(C)C)CC1. The molecule has 0 radical (unpaired) electrons. The fourth-order valence-electron chi connectivity index (χ4n) is 7.00. The largest absolute Gasteiger partial charge is 0.469 e. The molecular weight excluding hydrogens is 521 g/mol. The average molecular weight is 566 g/mol. The molecule has 222 valence electrons. The van der Waals surface area contributed by atoms with Gasteiger partial charge in [0.2, 0.25) is 0 Å². The Morgan fingerprint density at radius 2 is 1.71 bits per heavy atom. The number of benzene rings is 2. The van der Waals surface area contributed by atoms with Crippen LogP contribution in [0.15, 0.2) is 59.6 Å². The van der Waals surface area contributed by atoms with E-state index in [-0.39, 0.29) is 42.8 Å². The van der Waals surface area contributed by atoms with E-state index in [0.29, 0.717) is 11.8 Å². The van der Waals surface area contributed by atoms with Gasteiger partial charge in [0.05, 0.1) is 32.6 Å². The van der Waals surface area contributed by atoms with Gasteiger partial charge in [-0.05, 0) is 81.8 Å². The number of halogens is 1. The van der Waals surface area contributed by atoms with Crippen molar-refractivity contribution in [3.63, 3.8) is 0 Å². The van der Waals surface area contributed by atoms with E-state index in [1.54, 1.807) is 18.5 Å². The molecule has 7 nitrogen and oxygen atoms in total. The number of esters is 2. The van der Waals surface area contributed by atoms with Gasteiger partial charge in [0.15, 0.2) is 5.54 Å². The van der Waals surface area contributed by atoms with Crippen molar-refractivity contribution in [3.05, 3.63) is 71.5 Å². The zero-order valence-electron chi connectivity index (χ0n) is 25.0. The molecule has 2 aliphatic rings. The number of hydrogen-bond donors (Lipinski definition) is 0. The second-order valence-corrected chi connectivity index (χ2v) is 11.8. The third kappa shape index (κ3) is 6.80. The summed E-state index contributed by atoms with van der Waals surface area (Å²) < 4.78 is 24.3. The maximum absolute atomic E-state index is 14.1. The van der Waals surface area contributed by atoms with Crippen molar-refractivity contribution >= 4 is 18.3 Å². The molecule has 4 rings (SSSR count). The molecule has 0 aromatic heterocycles. The molecule has 0 amide bonds. The third-order valence-electron chi connectivity index (χ3n) is 9.18. The Balaban J connectivity index is 1.56. The predicted octanol–water partition coefficient (Wildman–Crippen LogP) is 5.96. The second kappa shape index (κ2) is 13.6. The third-order valence-corrected chi connectivity index (χ3v) is 9.18. The molecule has 8 heteroatoms. The highest BCUT2D eigenvalue weighted by Gasteiger charge is 2.54. The topological polar surface area (TPSA) is 71.4 Å². The summed E-state index contributed by atoms with van der Waals surface area (Å²) in [6, 6.07) is 17.0. The molecule has 41 heavy (non-hydrogen) atoms. The van der Waals surface area contributed by atoms with E-state index in [9.17, 15) is 14.0 Å². The van der Waals surface area contributed by atoms with Gasteiger partial charge in [-0.15, -0.1) is 0 Å². The van der Waals surface area contributed by atoms with Crippen molar-refractivity contribution < 1.29 is 23.5 Å². The number of nitrogens with zero attached hydrogens (tertiary/aromatic N) is 3. The van der Waals surface area contributed by atoms with Gasteiger partial charge in [0.1, 0.15) is 5.82 Å². The van der Waals surface area contributed by atoms with Crippen LogP contribution in [0.4, 0.5) is 4.39 Å². The van der Waals surface area contributed by atoms with Crippen LogP contribution in [0, 0.1) is 17.7 Å². The lowest BCUT2D eigenvalue weighted by Crippen LogP contribution is -2.53. The van der Waals surface area contributed by atoms with Gasteiger partial charge in [-0.25, -0.2) is 9.18 Å². The Morgan fingerprint density at radius 1 is 1.02 bits per heavy atom. The zero-order valence-corrected chi connectivity index (χ0v) is 25.0. The summed E-state index contributed by atoms with van der Waals surface area (Å²) in [5.74, 6) is -0.210. The summed E-state index contributed by atoms with van der Waals surface area (Å²) in [4.78, 5) is 34.8. The summed E-state index contributed by atoms with van der Waals surface area (Å²) in [6.07, 6.45) is 6.88. The number of ether oxygens (including phenoxy) is 2. The summed E-state index contributed by atoms with van der Waals surface area (Å²) in [5.41, 5.74) is 0.958. The lowest BCUT2D eigenvalue weighted by Gasteiger charge is -2.42. The van der Waals surface area contributed by atoms with E-state index in [1.807, 2.05) is 24.3 Å². The number of hydrogen-bond acceptors (Lipinski definition) is 7. The zero-order chi connectivity index (χ0) is 29.6. The summed E-state index contributed by atoms with van der Waals surface area (Å²) >= 11 is 0.